The van der Waals surface area contributed by atoms with Gasteiger partial charge in [-0.1, -0.05) is 0 Å². The van der Waals surface area contributed by atoms with E-state index in [0.717, 1.165) is 12.2 Å². The molecule has 0 fully saturated rings. The fourth-order valence-electron chi connectivity index (χ4n) is 1.68. The van der Waals surface area contributed by atoms with E-state index in [0.29, 0.717) is 18.8 Å². The topological polar surface area (TPSA) is 76.9 Å². The number of carbonyl (C=O) groups is 1. The molecule has 0 unspecified atom stereocenters. The summed E-state index contributed by atoms with van der Waals surface area (Å²) in [6.07, 6.45) is 0. The zero-order valence-electron chi connectivity index (χ0n) is 11.6. The molecule has 106 valence electrons. The summed E-state index contributed by atoms with van der Waals surface area (Å²) in [5, 5.41) is 18.7. The molecule has 6 nitrogen and oxygen atoms in total. The van der Waals surface area contributed by atoms with Crippen molar-refractivity contribution in [2.24, 2.45) is 0 Å². The van der Waals surface area contributed by atoms with Crippen molar-refractivity contribution < 1.29 is 15.0 Å². The number of hydrogen-bond acceptors (Lipinski definition) is 5. The lowest BCUT2D eigenvalue weighted by molar-refractivity contribution is -0.138. The molecule has 19 heavy (non-hydrogen) atoms. The highest BCUT2D eigenvalue weighted by Gasteiger charge is 2.14. The molecular formula is C13H21N3O3. The SMILES string of the molecule is Cc1ccc(O)c(CN(CCN(C)C)CC(=O)O)n1. The van der Waals surface area contributed by atoms with Gasteiger partial charge in [-0.2, -0.15) is 0 Å². The van der Waals surface area contributed by atoms with E-state index in [1.165, 1.54) is 0 Å². The molecule has 0 atom stereocenters. The van der Waals surface area contributed by atoms with Gasteiger partial charge in [-0.05, 0) is 33.2 Å². The quantitative estimate of drug-likeness (QED) is 0.751. The lowest BCUT2D eigenvalue weighted by Gasteiger charge is -2.22. The first kappa shape index (κ1) is 15.4. The number of aromatic nitrogens is 1. The molecule has 0 spiro atoms. The van der Waals surface area contributed by atoms with Crippen LogP contribution in [0.2, 0.25) is 0 Å². The number of nitrogens with zero attached hydrogens (tertiary/aromatic N) is 3. The van der Waals surface area contributed by atoms with Crippen molar-refractivity contribution in [3.8, 4) is 5.75 Å². The minimum atomic E-state index is -0.883. The first-order chi connectivity index (χ1) is 8.88. The summed E-state index contributed by atoms with van der Waals surface area (Å²) >= 11 is 0. The van der Waals surface area contributed by atoms with Crippen LogP contribution in [0.1, 0.15) is 11.4 Å². The first-order valence-electron chi connectivity index (χ1n) is 6.13. The van der Waals surface area contributed by atoms with Gasteiger partial charge in [0.1, 0.15) is 5.75 Å². The molecule has 1 aromatic heterocycles. The molecule has 0 radical (unpaired) electrons. The Morgan fingerprint density at radius 1 is 1.32 bits per heavy atom. The number of pyridine rings is 1. The van der Waals surface area contributed by atoms with Crippen LogP contribution in [-0.2, 0) is 11.3 Å². The molecule has 0 amide bonds. The summed E-state index contributed by atoms with van der Waals surface area (Å²) in [7, 11) is 3.86. The van der Waals surface area contributed by atoms with Crippen molar-refractivity contribution in [2.45, 2.75) is 13.5 Å². The second-order valence-corrected chi connectivity index (χ2v) is 4.83. The molecule has 0 aliphatic heterocycles. The summed E-state index contributed by atoms with van der Waals surface area (Å²) in [5.74, 6) is -0.781. The zero-order valence-corrected chi connectivity index (χ0v) is 11.6. The van der Waals surface area contributed by atoms with Gasteiger partial charge in [0.05, 0.1) is 12.2 Å². The number of likely N-dealkylation sites (N-methyl/N-ethyl adjacent to an activating group) is 1. The van der Waals surface area contributed by atoms with E-state index in [-0.39, 0.29) is 12.3 Å². The highest BCUT2D eigenvalue weighted by Crippen LogP contribution is 2.16. The molecular weight excluding hydrogens is 246 g/mol. The highest BCUT2D eigenvalue weighted by molar-refractivity contribution is 5.69. The fourth-order valence-corrected chi connectivity index (χ4v) is 1.68. The van der Waals surface area contributed by atoms with Gasteiger partial charge in [-0.3, -0.25) is 14.7 Å². The Kier molecular flexibility index (Phi) is 5.72. The van der Waals surface area contributed by atoms with Crippen LogP contribution in [0.3, 0.4) is 0 Å². The van der Waals surface area contributed by atoms with Gasteiger partial charge in [0.25, 0.3) is 0 Å². The van der Waals surface area contributed by atoms with Gasteiger partial charge in [0.15, 0.2) is 0 Å². The highest BCUT2D eigenvalue weighted by atomic mass is 16.4. The third-order valence-electron chi connectivity index (χ3n) is 2.69. The normalized spacial score (nSPS) is 11.2. The molecule has 1 heterocycles. The Labute approximate surface area is 113 Å². The van der Waals surface area contributed by atoms with E-state index in [1.807, 2.05) is 25.9 Å². The molecule has 0 aromatic carbocycles. The van der Waals surface area contributed by atoms with Gasteiger partial charge in [-0.15, -0.1) is 0 Å². The molecule has 0 bridgehead atoms. The molecule has 0 aliphatic rings. The third kappa shape index (κ3) is 5.67. The van der Waals surface area contributed by atoms with Crippen LogP contribution in [0, 0.1) is 6.92 Å². The van der Waals surface area contributed by atoms with Crippen molar-refractivity contribution >= 4 is 5.97 Å². The lowest BCUT2D eigenvalue weighted by atomic mass is 10.2. The van der Waals surface area contributed by atoms with Crippen molar-refractivity contribution in [1.82, 2.24) is 14.8 Å². The Balaban J connectivity index is 2.74. The van der Waals surface area contributed by atoms with Crippen LogP contribution in [-0.4, -0.2) is 64.7 Å². The van der Waals surface area contributed by atoms with Crippen LogP contribution < -0.4 is 0 Å². The maximum absolute atomic E-state index is 10.9. The summed E-state index contributed by atoms with van der Waals surface area (Å²) in [4.78, 5) is 18.8. The maximum Gasteiger partial charge on any atom is 0.317 e. The monoisotopic (exact) mass is 267 g/mol. The van der Waals surface area contributed by atoms with Crippen LogP contribution >= 0.6 is 0 Å². The number of hydrogen-bond donors (Lipinski definition) is 2. The number of rotatable bonds is 7. The standard InChI is InChI=1S/C13H21N3O3/c1-10-4-5-12(17)11(14-10)8-16(9-13(18)19)7-6-15(2)3/h4-5,17H,6-9H2,1-3H3,(H,18,19). The second kappa shape index (κ2) is 7.06. The fraction of sp³-hybridized carbons (Fsp3) is 0.538. The van der Waals surface area contributed by atoms with Gasteiger partial charge < -0.3 is 15.1 Å². The largest absolute Gasteiger partial charge is 0.506 e. The summed E-state index contributed by atoms with van der Waals surface area (Å²) in [5.41, 5.74) is 1.32. The van der Waals surface area contributed by atoms with Crippen molar-refractivity contribution in [2.75, 3.05) is 33.7 Å². The number of aliphatic carboxylic acids is 1. The zero-order chi connectivity index (χ0) is 14.4. The lowest BCUT2D eigenvalue weighted by Crippen LogP contribution is -2.35. The number of aromatic hydroxyl groups is 1. The van der Waals surface area contributed by atoms with Crippen LogP contribution in [0.25, 0.3) is 0 Å². The predicted octanol–water partition coefficient (Wildman–Crippen LogP) is 0.544. The van der Waals surface area contributed by atoms with Crippen molar-refractivity contribution in [1.29, 1.82) is 0 Å². The maximum atomic E-state index is 10.9. The van der Waals surface area contributed by atoms with E-state index < -0.39 is 5.97 Å². The van der Waals surface area contributed by atoms with Crippen LogP contribution in [0.15, 0.2) is 12.1 Å². The van der Waals surface area contributed by atoms with Crippen LogP contribution in [0.4, 0.5) is 0 Å². The number of carboxylic acids is 1. The molecule has 0 aliphatic carbocycles. The summed E-state index contributed by atoms with van der Waals surface area (Å²) in [6.45, 7) is 3.45. The Bertz CT molecular complexity index is 435. The van der Waals surface area contributed by atoms with E-state index in [4.69, 9.17) is 5.11 Å². The average molecular weight is 267 g/mol. The van der Waals surface area contributed by atoms with Crippen molar-refractivity contribution in [3.63, 3.8) is 0 Å². The summed E-state index contributed by atoms with van der Waals surface area (Å²) < 4.78 is 0. The smallest absolute Gasteiger partial charge is 0.317 e. The average Bonchev–Trinajstić information content (AvgIpc) is 2.30. The van der Waals surface area contributed by atoms with Crippen LogP contribution in [0.5, 0.6) is 5.75 Å². The predicted molar refractivity (Wildman–Crippen MR) is 72.1 cm³/mol. The van der Waals surface area contributed by atoms with Gasteiger partial charge in [-0.25, -0.2) is 0 Å². The molecule has 6 heteroatoms. The Hall–Kier alpha value is -1.66. The second-order valence-electron chi connectivity index (χ2n) is 4.83. The van der Waals surface area contributed by atoms with E-state index in [1.54, 1.807) is 17.0 Å². The molecule has 0 saturated heterocycles. The summed E-state index contributed by atoms with van der Waals surface area (Å²) in [6, 6.07) is 3.31. The van der Waals surface area contributed by atoms with Gasteiger partial charge >= 0.3 is 5.97 Å². The van der Waals surface area contributed by atoms with E-state index >= 15 is 0 Å². The molecule has 1 aromatic rings. The minimum absolute atomic E-state index is 0.0666. The van der Waals surface area contributed by atoms with Gasteiger partial charge in [0.2, 0.25) is 0 Å². The van der Waals surface area contributed by atoms with E-state index in [9.17, 15) is 9.90 Å². The molecule has 1 rings (SSSR count). The van der Waals surface area contributed by atoms with Gasteiger partial charge in [0, 0.05) is 25.3 Å². The van der Waals surface area contributed by atoms with Crippen molar-refractivity contribution in [3.05, 3.63) is 23.5 Å². The van der Waals surface area contributed by atoms with E-state index in [2.05, 4.69) is 4.98 Å². The molecule has 0 saturated carbocycles. The number of carboxylic acid groups (broad SMARTS) is 1. The Morgan fingerprint density at radius 2 is 2.00 bits per heavy atom. The third-order valence-corrected chi connectivity index (χ3v) is 2.69. The number of aryl methyl sites for hydroxylation is 1. The Morgan fingerprint density at radius 3 is 2.58 bits per heavy atom. The molecule has 2 N–H and O–H groups in total. The minimum Gasteiger partial charge on any atom is -0.506 e. The first-order valence-corrected chi connectivity index (χ1v) is 6.13.